The van der Waals surface area contributed by atoms with Crippen LogP contribution in [-0.4, -0.2) is 26.0 Å². The van der Waals surface area contributed by atoms with Crippen LogP contribution in [0.1, 0.15) is 25.7 Å². The second-order valence-electron chi connectivity index (χ2n) is 5.08. The van der Waals surface area contributed by atoms with Crippen molar-refractivity contribution in [2.45, 2.75) is 37.0 Å². The molecule has 106 valence electrons. The second-order valence-corrected chi connectivity index (χ2v) is 8.25. The summed E-state index contributed by atoms with van der Waals surface area (Å²) in [6, 6.07) is 5.43. The number of hydrogen-bond donors (Lipinski definition) is 1. The van der Waals surface area contributed by atoms with E-state index in [0.717, 1.165) is 24.9 Å². The molecule has 2 atom stereocenters. The molecule has 1 aliphatic rings. The van der Waals surface area contributed by atoms with E-state index in [0.29, 0.717) is 16.5 Å². The normalized spacial score (nSPS) is 24.2. The zero-order valence-corrected chi connectivity index (χ0v) is 13.0. The smallest absolute Gasteiger partial charge is 0.150 e. The average Bonchev–Trinajstić information content (AvgIpc) is 2.32. The summed E-state index contributed by atoms with van der Waals surface area (Å²) in [5.74, 6) is 0. The summed E-state index contributed by atoms with van der Waals surface area (Å²) >= 11 is 12.0. The Morgan fingerprint density at radius 2 is 2.00 bits per heavy atom. The summed E-state index contributed by atoms with van der Waals surface area (Å²) in [5.41, 5.74) is 0.810. The van der Waals surface area contributed by atoms with E-state index in [9.17, 15) is 8.42 Å². The van der Waals surface area contributed by atoms with Gasteiger partial charge in [-0.1, -0.05) is 29.6 Å². The minimum Gasteiger partial charge on any atom is -0.381 e. The van der Waals surface area contributed by atoms with Crippen molar-refractivity contribution in [2.75, 3.05) is 11.6 Å². The maximum absolute atomic E-state index is 11.6. The van der Waals surface area contributed by atoms with Crippen LogP contribution in [0.3, 0.4) is 0 Å². The lowest BCUT2D eigenvalue weighted by Crippen LogP contribution is -2.34. The van der Waals surface area contributed by atoms with Gasteiger partial charge in [0, 0.05) is 17.3 Å². The van der Waals surface area contributed by atoms with Gasteiger partial charge in [-0.25, -0.2) is 8.42 Å². The Morgan fingerprint density at radius 1 is 1.26 bits per heavy atom. The molecule has 1 saturated carbocycles. The molecule has 2 unspecified atom stereocenters. The van der Waals surface area contributed by atoms with Crippen LogP contribution in [0.15, 0.2) is 18.2 Å². The highest BCUT2D eigenvalue weighted by Crippen LogP contribution is 2.30. The zero-order chi connectivity index (χ0) is 14.0. The minimum absolute atomic E-state index is 0.146. The van der Waals surface area contributed by atoms with Gasteiger partial charge >= 0.3 is 0 Å². The third-order valence-electron chi connectivity index (χ3n) is 3.52. The third kappa shape index (κ3) is 4.01. The van der Waals surface area contributed by atoms with Crippen molar-refractivity contribution >= 4 is 38.7 Å². The van der Waals surface area contributed by atoms with E-state index in [2.05, 4.69) is 5.32 Å². The minimum atomic E-state index is -2.96. The van der Waals surface area contributed by atoms with E-state index in [4.69, 9.17) is 23.2 Å². The molecule has 6 heteroatoms. The summed E-state index contributed by atoms with van der Waals surface area (Å²) in [4.78, 5) is 0. The van der Waals surface area contributed by atoms with Crippen molar-refractivity contribution in [3.8, 4) is 0 Å². The number of benzene rings is 1. The van der Waals surface area contributed by atoms with Crippen molar-refractivity contribution in [2.24, 2.45) is 0 Å². The lowest BCUT2D eigenvalue weighted by Gasteiger charge is -2.29. The lowest BCUT2D eigenvalue weighted by molar-refractivity contribution is 0.453. The maximum atomic E-state index is 11.6. The van der Waals surface area contributed by atoms with Crippen LogP contribution in [0, 0.1) is 0 Å². The molecule has 1 fully saturated rings. The molecule has 1 aromatic carbocycles. The molecule has 1 aliphatic carbocycles. The first kappa shape index (κ1) is 14.9. The average molecular weight is 322 g/mol. The SMILES string of the molecule is CS(=O)(=O)C1CCCC(Nc2ccc(Cl)cc2Cl)C1. The molecular weight excluding hydrogens is 305 g/mol. The highest BCUT2D eigenvalue weighted by Gasteiger charge is 2.28. The van der Waals surface area contributed by atoms with Gasteiger partial charge < -0.3 is 5.32 Å². The molecule has 1 aromatic rings. The summed E-state index contributed by atoms with van der Waals surface area (Å²) in [7, 11) is -2.96. The Labute approximate surface area is 124 Å². The number of hydrogen-bond acceptors (Lipinski definition) is 3. The fourth-order valence-electron chi connectivity index (χ4n) is 2.49. The summed E-state index contributed by atoms with van der Waals surface area (Å²) < 4.78 is 23.2. The van der Waals surface area contributed by atoms with Gasteiger partial charge in [-0.15, -0.1) is 0 Å². The molecule has 0 spiro atoms. The van der Waals surface area contributed by atoms with Crippen LogP contribution < -0.4 is 5.32 Å². The number of halogens is 2. The van der Waals surface area contributed by atoms with Gasteiger partial charge in [0.15, 0.2) is 0 Å². The van der Waals surface area contributed by atoms with Crippen LogP contribution >= 0.6 is 23.2 Å². The number of anilines is 1. The van der Waals surface area contributed by atoms with Crippen molar-refractivity contribution in [1.82, 2.24) is 0 Å². The molecule has 0 bridgehead atoms. The number of sulfone groups is 1. The van der Waals surface area contributed by atoms with Gasteiger partial charge in [0.2, 0.25) is 0 Å². The Balaban J connectivity index is 2.07. The van der Waals surface area contributed by atoms with Crippen LogP contribution in [0.4, 0.5) is 5.69 Å². The van der Waals surface area contributed by atoms with E-state index >= 15 is 0 Å². The lowest BCUT2D eigenvalue weighted by atomic mass is 9.95. The molecular formula is C13H17Cl2NO2S. The molecule has 0 heterocycles. The van der Waals surface area contributed by atoms with E-state index in [1.165, 1.54) is 6.26 Å². The quantitative estimate of drug-likeness (QED) is 0.921. The number of rotatable bonds is 3. The second kappa shape index (κ2) is 5.90. The van der Waals surface area contributed by atoms with Gasteiger partial charge in [-0.05, 0) is 37.5 Å². The van der Waals surface area contributed by atoms with E-state index in [-0.39, 0.29) is 11.3 Å². The molecule has 0 radical (unpaired) electrons. The van der Waals surface area contributed by atoms with Crippen LogP contribution in [0.5, 0.6) is 0 Å². The monoisotopic (exact) mass is 321 g/mol. The Morgan fingerprint density at radius 3 is 2.63 bits per heavy atom. The van der Waals surface area contributed by atoms with Crippen molar-refractivity contribution in [1.29, 1.82) is 0 Å². The molecule has 0 aliphatic heterocycles. The van der Waals surface area contributed by atoms with Crippen LogP contribution in [0.2, 0.25) is 10.0 Å². The first-order chi connectivity index (χ1) is 8.86. The maximum Gasteiger partial charge on any atom is 0.150 e. The molecule has 19 heavy (non-hydrogen) atoms. The van der Waals surface area contributed by atoms with Gasteiger partial charge in [0.1, 0.15) is 9.84 Å². The van der Waals surface area contributed by atoms with Crippen molar-refractivity contribution in [3.63, 3.8) is 0 Å². The van der Waals surface area contributed by atoms with Crippen molar-refractivity contribution in [3.05, 3.63) is 28.2 Å². The highest BCUT2D eigenvalue weighted by atomic mass is 35.5. The zero-order valence-electron chi connectivity index (χ0n) is 10.7. The Kier molecular flexibility index (Phi) is 4.64. The summed E-state index contributed by atoms with van der Waals surface area (Å²) in [5, 5.41) is 4.23. The molecule has 2 rings (SSSR count). The molecule has 0 saturated heterocycles. The van der Waals surface area contributed by atoms with Gasteiger partial charge in [-0.3, -0.25) is 0 Å². The van der Waals surface area contributed by atoms with E-state index < -0.39 is 9.84 Å². The summed E-state index contributed by atoms with van der Waals surface area (Å²) in [6.45, 7) is 0. The fourth-order valence-corrected chi connectivity index (χ4v) is 4.13. The molecule has 0 aromatic heterocycles. The predicted octanol–water partition coefficient (Wildman–Crippen LogP) is 3.76. The molecule has 0 amide bonds. The first-order valence-corrected chi connectivity index (χ1v) is 8.98. The predicted molar refractivity (Wildman–Crippen MR) is 81.0 cm³/mol. The molecule has 1 N–H and O–H groups in total. The fraction of sp³-hybridized carbons (Fsp3) is 0.538. The summed E-state index contributed by atoms with van der Waals surface area (Å²) in [6.07, 6.45) is 4.59. The Bertz CT molecular complexity index is 560. The van der Waals surface area contributed by atoms with Gasteiger partial charge in [-0.2, -0.15) is 0 Å². The number of nitrogens with one attached hydrogen (secondary N) is 1. The third-order valence-corrected chi connectivity index (χ3v) is 5.71. The highest BCUT2D eigenvalue weighted by molar-refractivity contribution is 7.91. The standard InChI is InChI=1S/C13H17Cl2NO2S/c1-19(17,18)11-4-2-3-10(8-11)16-13-6-5-9(14)7-12(13)15/h5-7,10-11,16H,2-4,8H2,1H3. The van der Waals surface area contributed by atoms with Gasteiger partial charge in [0.05, 0.1) is 16.0 Å². The van der Waals surface area contributed by atoms with Crippen molar-refractivity contribution < 1.29 is 8.42 Å². The van der Waals surface area contributed by atoms with Gasteiger partial charge in [0.25, 0.3) is 0 Å². The van der Waals surface area contributed by atoms with E-state index in [1.54, 1.807) is 12.1 Å². The molecule has 3 nitrogen and oxygen atoms in total. The first-order valence-electron chi connectivity index (χ1n) is 6.26. The largest absolute Gasteiger partial charge is 0.381 e. The Hall–Kier alpha value is -0.450. The van der Waals surface area contributed by atoms with E-state index in [1.807, 2.05) is 6.07 Å². The van der Waals surface area contributed by atoms with Crippen LogP contribution in [-0.2, 0) is 9.84 Å². The van der Waals surface area contributed by atoms with Crippen LogP contribution in [0.25, 0.3) is 0 Å². The topological polar surface area (TPSA) is 46.2 Å².